The molecule has 1 heterocycles. The SMILES string of the molecule is COc1ccc(Nc2cc(C)nc(C)c2C#N)cc1F. The molecule has 0 atom stereocenters. The topological polar surface area (TPSA) is 57.9 Å². The van der Waals surface area contributed by atoms with E-state index in [0.717, 1.165) is 5.69 Å². The average molecular weight is 271 g/mol. The number of nitriles is 1. The van der Waals surface area contributed by atoms with Gasteiger partial charge in [0, 0.05) is 17.4 Å². The second-order valence-electron chi connectivity index (χ2n) is 4.36. The van der Waals surface area contributed by atoms with Crippen molar-refractivity contribution in [3.63, 3.8) is 0 Å². The van der Waals surface area contributed by atoms with Crippen LogP contribution in [-0.2, 0) is 0 Å². The summed E-state index contributed by atoms with van der Waals surface area (Å²) in [5.41, 5.74) is 3.04. The Morgan fingerprint density at radius 3 is 2.65 bits per heavy atom. The molecule has 0 spiro atoms. The predicted molar refractivity (Wildman–Crippen MR) is 74.7 cm³/mol. The fourth-order valence-electron chi connectivity index (χ4n) is 1.97. The van der Waals surface area contributed by atoms with Crippen molar-refractivity contribution in [2.24, 2.45) is 0 Å². The van der Waals surface area contributed by atoms with Crippen LogP contribution in [0.15, 0.2) is 24.3 Å². The zero-order valence-electron chi connectivity index (χ0n) is 11.5. The highest BCUT2D eigenvalue weighted by Gasteiger charge is 2.10. The monoisotopic (exact) mass is 271 g/mol. The van der Waals surface area contributed by atoms with E-state index in [1.807, 2.05) is 6.92 Å². The Kier molecular flexibility index (Phi) is 3.85. The number of nitrogens with one attached hydrogen (secondary N) is 1. The van der Waals surface area contributed by atoms with Gasteiger partial charge in [-0.1, -0.05) is 0 Å². The molecular formula is C15H14FN3O. The molecule has 2 aromatic rings. The molecule has 1 N–H and O–H groups in total. The van der Waals surface area contributed by atoms with E-state index in [9.17, 15) is 9.65 Å². The quantitative estimate of drug-likeness (QED) is 0.928. The van der Waals surface area contributed by atoms with Crippen LogP contribution in [0.1, 0.15) is 17.0 Å². The van der Waals surface area contributed by atoms with Crippen molar-refractivity contribution >= 4 is 11.4 Å². The van der Waals surface area contributed by atoms with E-state index < -0.39 is 5.82 Å². The van der Waals surface area contributed by atoms with Gasteiger partial charge in [-0.3, -0.25) is 4.98 Å². The Labute approximate surface area is 116 Å². The fraction of sp³-hybridized carbons (Fsp3) is 0.200. The molecule has 0 fully saturated rings. The number of hydrogen-bond acceptors (Lipinski definition) is 4. The molecule has 102 valence electrons. The van der Waals surface area contributed by atoms with E-state index in [1.165, 1.54) is 19.2 Å². The number of benzene rings is 1. The first-order valence-corrected chi connectivity index (χ1v) is 6.04. The van der Waals surface area contributed by atoms with Gasteiger partial charge < -0.3 is 10.1 Å². The summed E-state index contributed by atoms with van der Waals surface area (Å²) in [7, 11) is 1.41. The van der Waals surface area contributed by atoms with Crippen molar-refractivity contribution in [1.82, 2.24) is 4.98 Å². The minimum Gasteiger partial charge on any atom is -0.494 e. The summed E-state index contributed by atoms with van der Waals surface area (Å²) in [6.45, 7) is 3.61. The van der Waals surface area contributed by atoms with Crippen molar-refractivity contribution in [3.8, 4) is 11.8 Å². The number of aryl methyl sites for hydroxylation is 2. The van der Waals surface area contributed by atoms with E-state index >= 15 is 0 Å². The number of nitrogens with zero attached hydrogens (tertiary/aromatic N) is 2. The molecule has 1 aromatic carbocycles. The van der Waals surface area contributed by atoms with Crippen molar-refractivity contribution in [1.29, 1.82) is 5.26 Å². The van der Waals surface area contributed by atoms with E-state index in [4.69, 9.17) is 4.74 Å². The Balaban J connectivity index is 2.40. The normalized spacial score (nSPS) is 9.95. The molecule has 20 heavy (non-hydrogen) atoms. The molecule has 1 aromatic heterocycles. The second-order valence-corrected chi connectivity index (χ2v) is 4.36. The number of pyridine rings is 1. The average Bonchev–Trinajstić information content (AvgIpc) is 2.38. The first kappa shape index (κ1) is 13.8. The molecule has 0 saturated heterocycles. The summed E-state index contributed by atoms with van der Waals surface area (Å²) in [4.78, 5) is 4.24. The lowest BCUT2D eigenvalue weighted by Gasteiger charge is -2.11. The maximum absolute atomic E-state index is 13.7. The number of rotatable bonds is 3. The lowest BCUT2D eigenvalue weighted by atomic mass is 10.1. The molecule has 0 radical (unpaired) electrons. The highest BCUT2D eigenvalue weighted by Crippen LogP contribution is 2.26. The third-order valence-corrected chi connectivity index (χ3v) is 2.87. The smallest absolute Gasteiger partial charge is 0.167 e. The molecule has 2 rings (SSSR count). The van der Waals surface area contributed by atoms with Crippen LogP contribution in [0.4, 0.5) is 15.8 Å². The summed E-state index contributed by atoms with van der Waals surface area (Å²) in [5.74, 6) is -0.281. The molecular weight excluding hydrogens is 257 g/mol. The van der Waals surface area contributed by atoms with Crippen molar-refractivity contribution in [3.05, 3.63) is 47.0 Å². The number of anilines is 2. The lowest BCUT2D eigenvalue weighted by molar-refractivity contribution is 0.386. The van der Waals surface area contributed by atoms with Crippen molar-refractivity contribution in [2.75, 3.05) is 12.4 Å². The molecule has 0 aliphatic heterocycles. The second kappa shape index (κ2) is 5.57. The lowest BCUT2D eigenvalue weighted by Crippen LogP contribution is -2.00. The molecule has 0 aliphatic carbocycles. The van der Waals surface area contributed by atoms with Gasteiger partial charge in [-0.15, -0.1) is 0 Å². The number of ether oxygens (including phenoxy) is 1. The van der Waals surface area contributed by atoms with E-state index in [2.05, 4.69) is 16.4 Å². The predicted octanol–water partition coefficient (Wildman–Crippen LogP) is 3.46. The van der Waals surface area contributed by atoms with Gasteiger partial charge in [-0.2, -0.15) is 5.26 Å². The Morgan fingerprint density at radius 1 is 1.30 bits per heavy atom. The maximum Gasteiger partial charge on any atom is 0.167 e. The minimum absolute atomic E-state index is 0.179. The third-order valence-electron chi connectivity index (χ3n) is 2.87. The highest BCUT2D eigenvalue weighted by atomic mass is 19.1. The molecule has 0 saturated carbocycles. The van der Waals surface area contributed by atoms with Gasteiger partial charge in [-0.05, 0) is 32.0 Å². The Hall–Kier alpha value is -2.61. The van der Waals surface area contributed by atoms with Crippen LogP contribution in [-0.4, -0.2) is 12.1 Å². The van der Waals surface area contributed by atoms with Crippen LogP contribution >= 0.6 is 0 Å². The number of halogens is 1. The van der Waals surface area contributed by atoms with Gasteiger partial charge in [-0.25, -0.2) is 4.39 Å². The molecule has 4 nitrogen and oxygen atoms in total. The van der Waals surface area contributed by atoms with Crippen LogP contribution in [0, 0.1) is 31.0 Å². The highest BCUT2D eigenvalue weighted by molar-refractivity contribution is 5.68. The first-order chi connectivity index (χ1) is 9.55. The molecule has 0 aliphatic rings. The van der Waals surface area contributed by atoms with Crippen LogP contribution in [0.25, 0.3) is 0 Å². The van der Waals surface area contributed by atoms with Crippen LogP contribution < -0.4 is 10.1 Å². The largest absolute Gasteiger partial charge is 0.494 e. The summed E-state index contributed by atoms with van der Waals surface area (Å²) in [6, 6.07) is 8.41. The van der Waals surface area contributed by atoms with Gasteiger partial charge in [0.05, 0.1) is 24.1 Å². The molecule has 0 unspecified atom stereocenters. The standard InChI is InChI=1S/C15H14FN3O/c1-9-6-14(12(8-17)10(2)18-9)19-11-4-5-15(20-3)13(16)7-11/h4-7H,1-3H3,(H,18,19). The van der Waals surface area contributed by atoms with Crippen molar-refractivity contribution < 1.29 is 9.13 Å². The van der Waals surface area contributed by atoms with Gasteiger partial charge in [0.1, 0.15) is 6.07 Å². The maximum atomic E-state index is 13.7. The van der Waals surface area contributed by atoms with Gasteiger partial charge in [0.15, 0.2) is 11.6 Å². The molecule has 0 amide bonds. The van der Waals surface area contributed by atoms with Crippen LogP contribution in [0.3, 0.4) is 0 Å². The minimum atomic E-state index is -0.460. The summed E-state index contributed by atoms with van der Waals surface area (Å²) in [5, 5.41) is 12.2. The van der Waals surface area contributed by atoms with Gasteiger partial charge in [0.25, 0.3) is 0 Å². The fourth-order valence-corrected chi connectivity index (χ4v) is 1.97. The zero-order valence-corrected chi connectivity index (χ0v) is 11.5. The summed E-state index contributed by atoms with van der Waals surface area (Å²) >= 11 is 0. The molecule has 5 heteroatoms. The van der Waals surface area contributed by atoms with Crippen LogP contribution in [0.2, 0.25) is 0 Å². The summed E-state index contributed by atoms with van der Waals surface area (Å²) in [6.07, 6.45) is 0. The van der Waals surface area contributed by atoms with Crippen LogP contribution in [0.5, 0.6) is 5.75 Å². The zero-order chi connectivity index (χ0) is 14.7. The molecule has 0 bridgehead atoms. The van der Waals surface area contributed by atoms with Gasteiger partial charge >= 0.3 is 0 Å². The van der Waals surface area contributed by atoms with Crippen molar-refractivity contribution in [2.45, 2.75) is 13.8 Å². The van der Waals surface area contributed by atoms with Gasteiger partial charge in [0.2, 0.25) is 0 Å². The van der Waals surface area contributed by atoms with E-state index in [-0.39, 0.29) is 5.75 Å². The summed E-state index contributed by atoms with van der Waals surface area (Å²) < 4.78 is 18.5. The van der Waals surface area contributed by atoms with E-state index in [1.54, 1.807) is 19.1 Å². The Bertz CT molecular complexity index is 692. The first-order valence-electron chi connectivity index (χ1n) is 6.04. The number of hydrogen-bond donors (Lipinski definition) is 1. The van der Waals surface area contributed by atoms with E-state index in [0.29, 0.717) is 22.6 Å². The Morgan fingerprint density at radius 2 is 2.05 bits per heavy atom. The third kappa shape index (κ3) is 2.69. The number of methoxy groups -OCH3 is 1. The number of aromatic nitrogens is 1.